The smallest absolute Gasteiger partial charge is 0.293 e. The molecule has 0 bridgehead atoms. The number of likely N-dealkylation sites (tertiary alicyclic amines) is 1. The minimum absolute atomic E-state index is 0.135. The number of hydrogen-bond donors (Lipinski definition) is 1. The molecule has 2 aromatic carbocycles. The van der Waals surface area contributed by atoms with Crippen LogP contribution in [-0.4, -0.2) is 39.0 Å². The van der Waals surface area contributed by atoms with Crippen molar-refractivity contribution < 1.29 is 14.1 Å². The minimum atomic E-state index is -0.564. The molecule has 0 unspecified atom stereocenters. The number of carbonyl (C=O) groups is 2. The van der Waals surface area contributed by atoms with Gasteiger partial charge in [-0.2, -0.15) is 0 Å². The first-order chi connectivity index (χ1) is 15.7. The van der Waals surface area contributed by atoms with Crippen LogP contribution >= 0.6 is 0 Å². The molecule has 1 atom stereocenters. The zero-order valence-corrected chi connectivity index (χ0v) is 17.3. The van der Waals surface area contributed by atoms with E-state index in [1.54, 1.807) is 11.0 Å². The SMILES string of the molecule is O=C(Nc1ccccc1-n1cccc1)[C@@H]1CCCN1C(=O)c1cc(-c2ccccc2)no1. The number of benzene rings is 2. The predicted octanol–water partition coefficient (Wildman–Crippen LogP) is 4.38. The van der Waals surface area contributed by atoms with Crippen molar-refractivity contribution in [3.8, 4) is 16.9 Å². The molecule has 1 N–H and O–H groups in total. The second kappa shape index (κ2) is 8.55. The van der Waals surface area contributed by atoms with E-state index >= 15 is 0 Å². The molecule has 160 valence electrons. The van der Waals surface area contributed by atoms with Gasteiger partial charge in [-0.05, 0) is 37.1 Å². The largest absolute Gasteiger partial charge is 0.350 e. The third-order valence-electron chi connectivity index (χ3n) is 5.65. The highest BCUT2D eigenvalue weighted by Crippen LogP contribution is 2.26. The monoisotopic (exact) mass is 426 g/mol. The van der Waals surface area contributed by atoms with Crippen molar-refractivity contribution in [2.24, 2.45) is 0 Å². The number of anilines is 1. The lowest BCUT2D eigenvalue weighted by atomic mass is 10.1. The van der Waals surface area contributed by atoms with Crippen LogP contribution < -0.4 is 5.32 Å². The fourth-order valence-electron chi connectivity index (χ4n) is 4.06. The highest BCUT2D eigenvalue weighted by molar-refractivity contribution is 6.01. The Kier molecular flexibility index (Phi) is 5.29. The molecule has 1 fully saturated rings. The molecular weight excluding hydrogens is 404 g/mol. The van der Waals surface area contributed by atoms with Crippen molar-refractivity contribution in [2.75, 3.05) is 11.9 Å². The molecule has 0 spiro atoms. The summed E-state index contributed by atoms with van der Waals surface area (Å²) in [6, 6.07) is 22.0. The van der Waals surface area contributed by atoms with E-state index in [-0.39, 0.29) is 17.6 Å². The number of carbonyl (C=O) groups excluding carboxylic acids is 2. The van der Waals surface area contributed by atoms with Gasteiger partial charge in [0.25, 0.3) is 5.91 Å². The molecule has 5 rings (SSSR count). The summed E-state index contributed by atoms with van der Waals surface area (Å²) in [5, 5.41) is 7.04. The molecule has 7 heteroatoms. The Morgan fingerprint density at radius 1 is 0.969 bits per heavy atom. The molecule has 7 nitrogen and oxygen atoms in total. The average Bonchev–Trinajstić information content (AvgIpc) is 3.61. The summed E-state index contributed by atoms with van der Waals surface area (Å²) < 4.78 is 7.27. The highest BCUT2D eigenvalue weighted by Gasteiger charge is 2.36. The van der Waals surface area contributed by atoms with E-state index in [1.807, 2.05) is 83.7 Å². The predicted molar refractivity (Wildman–Crippen MR) is 120 cm³/mol. The summed E-state index contributed by atoms with van der Waals surface area (Å²) >= 11 is 0. The lowest BCUT2D eigenvalue weighted by Crippen LogP contribution is -2.43. The molecule has 0 aliphatic carbocycles. The summed E-state index contributed by atoms with van der Waals surface area (Å²) in [6.07, 6.45) is 5.20. The maximum Gasteiger partial charge on any atom is 0.293 e. The fourth-order valence-corrected chi connectivity index (χ4v) is 4.06. The Balaban J connectivity index is 1.34. The van der Waals surface area contributed by atoms with Crippen LogP contribution in [0.2, 0.25) is 0 Å². The summed E-state index contributed by atoms with van der Waals surface area (Å²) in [5.74, 6) is -0.398. The fraction of sp³-hybridized carbons (Fsp3) is 0.160. The van der Waals surface area contributed by atoms with Crippen LogP contribution in [0, 0.1) is 0 Å². The summed E-state index contributed by atoms with van der Waals surface area (Å²) in [7, 11) is 0. The Morgan fingerprint density at radius 2 is 1.72 bits per heavy atom. The van der Waals surface area contributed by atoms with Crippen LogP contribution in [0.15, 0.2) is 89.7 Å². The summed E-state index contributed by atoms with van der Waals surface area (Å²) in [6.45, 7) is 0.498. The second-order valence-corrected chi connectivity index (χ2v) is 7.70. The van der Waals surface area contributed by atoms with Crippen molar-refractivity contribution in [1.82, 2.24) is 14.6 Å². The number of hydrogen-bond acceptors (Lipinski definition) is 4. The Hall–Kier alpha value is -4.13. The minimum Gasteiger partial charge on any atom is -0.350 e. The third kappa shape index (κ3) is 3.80. The maximum atomic E-state index is 13.1. The normalized spacial score (nSPS) is 15.6. The molecule has 0 radical (unpaired) electrons. The highest BCUT2D eigenvalue weighted by atomic mass is 16.5. The van der Waals surface area contributed by atoms with Crippen LogP contribution in [0.4, 0.5) is 5.69 Å². The quantitative estimate of drug-likeness (QED) is 0.514. The van der Waals surface area contributed by atoms with Gasteiger partial charge in [0.1, 0.15) is 11.7 Å². The molecule has 32 heavy (non-hydrogen) atoms. The van der Waals surface area contributed by atoms with E-state index in [0.717, 1.165) is 17.7 Å². The van der Waals surface area contributed by atoms with Gasteiger partial charge in [0.2, 0.25) is 11.7 Å². The molecule has 2 amide bonds. The zero-order valence-electron chi connectivity index (χ0n) is 17.3. The molecule has 1 aliphatic heterocycles. The first kappa shape index (κ1) is 19.8. The van der Waals surface area contributed by atoms with Gasteiger partial charge in [-0.25, -0.2) is 0 Å². The zero-order chi connectivity index (χ0) is 21.9. The van der Waals surface area contributed by atoms with Gasteiger partial charge < -0.3 is 19.3 Å². The first-order valence-corrected chi connectivity index (χ1v) is 10.6. The molecule has 1 saturated heterocycles. The number of rotatable bonds is 5. The van der Waals surface area contributed by atoms with E-state index in [0.29, 0.717) is 24.3 Å². The molecule has 2 aromatic heterocycles. The number of aromatic nitrogens is 2. The van der Waals surface area contributed by atoms with Crippen molar-refractivity contribution in [3.63, 3.8) is 0 Å². The van der Waals surface area contributed by atoms with Crippen LogP contribution in [0.1, 0.15) is 23.4 Å². The first-order valence-electron chi connectivity index (χ1n) is 10.6. The van der Waals surface area contributed by atoms with Crippen LogP contribution in [-0.2, 0) is 4.79 Å². The topological polar surface area (TPSA) is 80.4 Å². The van der Waals surface area contributed by atoms with Crippen molar-refractivity contribution in [1.29, 1.82) is 0 Å². The van der Waals surface area contributed by atoms with Gasteiger partial charge in [-0.15, -0.1) is 0 Å². The number of amides is 2. The van der Waals surface area contributed by atoms with Crippen LogP contribution in [0.3, 0.4) is 0 Å². The average molecular weight is 426 g/mol. The van der Waals surface area contributed by atoms with Crippen LogP contribution in [0.25, 0.3) is 16.9 Å². The summed E-state index contributed by atoms with van der Waals surface area (Å²) in [5.41, 5.74) is 3.02. The van der Waals surface area contributed by atoms with E-state index in [2.05, 4.69) is 10.5 Å². The second-order valence-electron chi connectivity index (χ2n) is 7.70. The van der Waals surface area contributed by atoms with Gasteiger partial charge in [-0.3, -0.25) is 9.59 Å². The Morgan fingerprint density at radius 3 is 2.53 bits per heavy atom. The van der Waals surface area contributed by atoms with Gasteiger partial charge in [-0.1, -0.05) is 47.6 Å². The van der Waals surface area contributed by atoms with E-state index < -0.39 is 6.04 Å². The lowest BCUT2D eigenvalue weighted by molar-refractivity contribution is -0.119. The standard InChI is InChI=1S/C25H22N4O3/c30-24(26-19-11-4-5-12-21(19)28-14-6-7-15-28)22-13-8-16-29(22)25(31)23-17-20(27-32-23)18-9-2-1-3-10-18/h1-7,9-12,14-15,17,22H,8,13,16H2,(H,26,30)/t22-/m0/s1. The molecular formula is C25H22N4O3. The molecule has 3 heterocycles. The van der Waals surface area contributed by atoms with Gasteiger partial charge in [0, 0.05) is 30.6 Å². The number of nitrogens with one attached hydrogen (secondary N) is 1. The molecule has 0 saturated carbocycles. The lowest BCUT2D eigenvalue weighted by Gasteiger charge is -2.23. The number of para-hydroxylation sites is 2. The van der Waals surface area contributed by atoms with E-state index in [9.17, 15) is 9.59 Å². The number of nitrogens with zero attached hydrogens (tertiary/aromatic N) is 3. The maximum absolute atomic E-state index is 13.1. The third-order valence-corrected chi connectivity index (χ3v) is 5.65. The molecule has 4 aromatic rings. The van der Waals surface area contributed by atoms with Crippen LogP contribution in [0.5, 0.6) is 0 Å². The van der Waals surface area contributed by atoms with Gasteiger partial charge >= 0.3 is 0 Å². The van der Waals surface area contributed by atoms with Gasteiger partial charge in [0.05, 0.1) is 11.4 Å². The van der Waals surface area contributed by atoms with Crippen molar-refractivity contribution in [3.05, 3.63) is 91.0 Å². The summed E-state index contributed by atoms with van der Waals surface area (Å²) in [4.78, 5) is 27.8. The van der Waals surface area contributed by atoms with Gasteiger partial charge in [0.15, 0.2) is 0 Å². The van der Waals surface area contributed by atoms with E-state index in [1.165, 1.54) is 0 Å². The molecule has 1 aliphatic rings. The Bertz CT molecular complexity index is 1230. The van der Waals surface area contributed by atoms with Crippen molar-refractivity contribution in [2.45, 2.75) is 18.9 Å². The Labute approximate surface area is 185 Å². The van der Waals surface area contributed by atoms with E-state index in [4.69, 9.17) is 4.52 Å². The van der Waals surface area contributed by atoms with Crippen molar-refractivity contribution >= 4 is 17.5 Å².